The van der Waals surface area contributed by atoms with E-state index >= 15 is 0 Å². The van der Waals surface area contributed by atoms with Crippen LogP contribution in [0.2, 0.25) is 0 Å². The van der Waals surface area contributed by atoms with Crippen LogP contribution in [0.4, 0.5) is 5.69 Å². The Bertz CT molecular complexity index is 589. The van der Waals surface area contributed by atoms with Gasteiger partial charge in [-0.1, -0.05) is 29.8 Å². The van der Waals surface area contributed by atoms with Crippen molar-refractivity contribution in [2.24, 2.45) is 0 Å². The summed E-state index contributed by atoms with van der Waals surface area (Å²) in [6.07, 6.45) is 1.51. The molecule has 1 amide bonds. The number of hydrogen-bond acceptors (Lipinski definition) is 3. The van der Waals surface area contributed by atoms with Gasteiger partial charge in [0.2, 0.25) is 0 Å². The van der Waals surface area contributed by atoms with Gasteiger partial charge in [0, 0.05) is 13.1 Å². The smallest absolute Gasteiger partial charge is 0.271 e. The van der Waals surface area contributed by atoms with Crippen LogP contribution in [0.3, 0.4) is 0 Å². The normalized spacial score (nSPS) is 10.4. The number of aryl methyl sites for hydroxylation is 2. The number of rotatable bonds is 4. The molecule has 5 heteroatoms. The fourth-order valence-electron chi connectivity index (χ4n) is 1.98. The van der Waals surface area contributed by atoms with E-state index in [4.69, 9.17) is 5.73 Å². The van der Waals surface area contributed by atoms with Crippen LogP contribution in [0.15, 0.2) is 30.5 Å². The van der Waals surface area contributed by atoms with Crippen molar-refractivity contribution in [3.8, 4) is 0 Å². The van der Waals surface area contributed by atoms with Gasteiger partial charge < -0.3 is 11.1 Å². The summed E-state index contributed by atoms with van der Waals surface area (Å²) < 4.78 is 1.60. The molecule has 0 spiro atoms. The molecule has 3 N–H and O–H groups in total. The summed E-state index contributed by atoms with van der Waals surface area (Å²) in [7, 11) is 0. The molecule has 0 radical (unpaired) electrons. The minimum atomic E-state index is -0.196. The highest BCUT2D eigenvalue weighted by molar-refractivity contribution is 5.97. The second-order valence-electron chi connectivity index (χ2n) is 4.44. The summed E-state index contributed by atoms with van der Waals surface area (Å²) in [4.78, 5) is 12.1. The van der Waals surface area contributed by atoms with Gasteiger partial charge in [-0.3, -0.25) is 9.48 Å². The van der Waals surface area contributed by atoms with Crippen molar-refractivity contribution in [1.29, 1.82) is 0 Å². The molecule has 1 aromatic carbocycles. The number of carbonyl (C=O) groups is 1. The molecule has 0 saturated heterocycles. The summed E-state index contributed by atoms with van der Waals surface area (Å²) in [6.45, 7) is 5.04. The second-order valence-corrected chi connectivity index (χ2v) is 4.44. The first-order valence-corrected chi connectivity index (χ1v) is 6.27. The molecule has 0 aliphatic carbocycles. The predicted octanol–water partition coefficient (Wildman–Crippen LogP) is 1.72. The molecule has 100 valence electrons. The molecule has 19 heavy (non-hydrogen) atoms. The standard InChI is InChI=1S/C14H18N4O/c1-3-18-13(12(15)9-17-18)14(19)16-8-11-6-4-5-10(2)7-11/h4-7,9H,3,8,15H2,1-2H3,(H,16,19). The highest BCUT2D eigenvalue weighted by Gasteiger charge is 2.15. The van der Waals surface area contributed by atoms with Gasteiger partial charge in [-0.25, -0.2) is 0 Å². The molecule has 0 saturated carbocycles. The molecule has 2 aromatic rings. The number of nitrogens with two attached hydrogens (primary N) is 1. The third kappa shape index (κ3) is 2.93. The van der Waals surface area contributed by atoms with Crippen LogP contribution in [0, 0.1) is 6.92 Å². The number of nitrogens with one attached hydrogen (secondary N) is 1. The van der Waals surface area contributed by atoms with E-state index in [1.807, 2.05) is 38.1 Å². The van der Waals surface area contributed by atoms with Gasteiger partial charge in [0.1, 0.15) is 5.69 Å². The highest BCUT2D eigenvalue weighted by atomic mass is 16.2. The van der Waals surface area contributed by atoms with E-state index in [2.05, 4.69) is 10.4 Å². The molecular formula is C14H18N4O. The van der Waals surface area contributed by atoms with Gasteiger partial charge in [-0.2, -0.15) is 5.10 Å². The monoisotopic (exact) mass is 258 g/mol. The lowest BCUT2D eigenvalue weighted by molar-refractivity contribution is 0.0941. The molecule has 0 aliphatic rings. The zero-order valence-electron chi connectivity index (χ0n) is 11.2. The number of benzene rings is 1. The van der Waals surface area contributed by atoms with E-state index in [0.717, 1.165) is 5.56 Å². The zero-order chi connectivity index (χ0) is 13.8. The molecular weight excluding hydrogens is 240 g/mol. The summed E-state index contributed by atoms with van der Waals surface area (Å²) in [6, 6.07) is 8.02. The lowest BCUT2D eigenvalue weighted by atomic mass is 10.1. The Kier molecular flexibility index (Phi) is 3.85. The molecule has 2 rings (SSSR count). The topological polar surface area (TPSA) is 72.9 Å². The number of aromatic nitrogens is 2. The van der Waals surface area contributed by atoms with Gasteiger partial charge in [0.15, 0.2) is 0 Å². The molecule has 5 nitrogen and oxygen atoms in total. The number of carbonyl (C=O) groups excluding carboxylic acids is 1. The van der Waals surface area contributed by atoms with E-state index in [-0.39, 0.29) is 5.91 Å². The first-order valence-electron chi connectivity index (χ1n) is 6.27. The van der Waals surface area contributed by atoms with E-state index in [1.54, 1.807) is 4.68 Å². The summed E-state index contributed by atoms with van der Waals surface area (Å²) in [5.74, 6) is -0.196. The minimum absolute atomic E-state index is 0.196. The van der Waals surface area contributed by atoms with Crippen molar-refractivity contribution in [3.05, 3.63) is 47.3 Å². The third-order valence-electron chi connectivity index (χ3n) is 2.92. The number of amides is 1. The molecule has 0 atom stereocenters. The predicted molar refractivity (Wildman–Crippen MR) is 74.7 cm³/mol. The fourth-order valence-corrected chi connectivity index (χ4v) is 1.98. The number of hydrogen-bond donors (Lipinski definition) is 2. The van der Waals surface area contributed by atoms with Gasteiger partial charge in [0.25, 0.3) is 5.91 Å². The largest absolute Gasteiger partial charge is 0.396 e. The van der Waals surface area contributed by atoms with Crippen molar-refractivity contribution in [2.75, 3.05) is 5.73 Å². The molecule has 0 unspecified atom stereocenters. The van der Waals surface area contributed by atoms with Crippen molar-refractivity contribution < 1.29 is 4.79 Å². The number of nitrogens with zero attached hydrogens (tertiary/aromatic N) is 2. The van der Waals surface area contributed by atoms with E-state index in [9.17, 15) is 4.79 Å². The van der Waals surface area contributed by atoms with Gasteiger partial charge >= 0.3 is 0 Å². The quantitative estimate of drug-likeness (QED) is 0.877. The van der Waals surface area contributed by atoms with E-state index in [0.29, 0.717) is 24.5 Å². The SMILES string of the molecule is CCn1ncc(N)c1C(=O)NCc1cccc(C)c1. The highest BCUT2D eigenvalue weighted by Crippen LogP contribution is 2.11. The van der Waals surface area contributed by atoms with Gasteiger partial charge in [-0.05, 0) is 19.4 Å². The van der Waals surface area contributed by atoms with Crippen LogP contribution >= 0.6 is 0 Å². The molecule has 1 aromatic heterocycles. The maximum absolute atomic E-state index is 12.1. The average molecular weight is 258 g/mol. The fraction of sp³-hybridized carbons (Fsp3) is 0.286. The van der Waals surface area contributed by atoms with Crippen molar-refractivity contribution in [1.82, 2.24) is 15.1 Å². The molecule has 0 bridgehead atoms. The minimum Gasteiger partial charge on any atom is -0.396 e. The van der Waals surface area contributed by atoms with Crippen molar-refractivity contribution >= 4 is 11.6 Å². The van der Waals surface area contributed by atoms with Crippen molar-refractivity contribution in [3.63, 3.8) is 0 Å². The molecule has 0 aliphatic heterocycles. The molecule has 1 heterocycles. The first kappa shape index (κ1) is 13.1. The summed E-state index contributed by atoms with van der Waals surface area (Å²) in [5, 5.41) is 6.92. The van der Waals surface area contributed by atoms with Crippen LogP contribution < -0.4 is 11.1 Å². The number of nitrogen functional groups attached to an aromatic ring is 1. The van der Waals surface area contributed by atoms with Crippen LogP contribution in [-0.2, 0) is 13.1 Å². The Balaban J connectivity index is 2.07. The summed E-state index contributed by atoms with van der Waals surface area (Å²) >= 11 is 0. The molecule has 0 fully saturated rings. The zero-order valence-corrected chi connectivity index (χ0v) is 11.2. The summed E-state index contributed by atoms with van der Waals surface area (Å²) in [5.41, 5.74) is 8.83. The lowest BCUT2D eigenvalue weighted by Crippen LogP contribution is -2.26. The van der Waals surface area contributed by atoms with E-state index in [1.165, 1.54) is 11.8 Å². The van der Waals surface area contributed by atoms with Crippen LogP contribution in [-0.4, -0.2) is 15.7 Å². The lowest BCUT2D eigenvalue weighted by Gasteiger charge is -2.08. The van der Waals surface area contributed by atoms with Gasteiger partial charge in [-0.15, -0.1) is 0 Å². The Labute approximate surface area is 112 Å². The third-order valence-corrected chi connectivity index (χ3v) is 2.92. The van der Waals surface area contributed by atoms with Crippen LogP contribution in [0.25, 0.3) is 0 Å². The first-order chi connectivity index (χ1) is 9.11. The Morgan fingerprint density at radius 2 is 2.26 bits per heavy atom. The Morgan fingerprint density at radius 3 is 2.95 bits per heavy atom. The second kappa shape index (κ2) is 5.56. The van der Waals surface area contributed by atoms with Crippen LogP contribution in [0.1, 0.15) is 28.5 Å². The Hall–Kier alpha value is -2.30. The van der Waals surface area contributed by atoms with E-state index < -0.39 is 0 Å². The number of anilines is 1. The van der Waals surface area contributed by atoms with Gasteiger partial charge in [0.05, 0.1) is 11.9 Å². The maximum atomic E-state index is 12.1. The maximum Gasteiger partial charge on any atom is 0.271 e. The van der Waals surface area contributed by atoms with Crippen molar-refractivity contribution in [2.45, 2.75) is 26.9 Å². The average Bonchev–Trinajstić information content (AvgIpc) is 2.77. The van der Waals surface area contributed by atoms with Crippen LogP contribution in [0.5, 0.6) is 0 Å². The Morgan fingerprint density at radius 1 is 1.47 bits per heavy atom.